The molecule has 1 unspecified atom stereocenters. The summed E-state index contributed by atoms with van der Waals surface area (Å²) < 4.78 is 5.62. The molecule has 0 saturated heterocycles. The Labute approximate surface area is 122 Å². The van der Waals surface area contributed by atoms with Gasteiger partial charge in [-0.3, -0.25) is 10.1 Å². The Morgan fingerprint density at radius 1 is 1.38 bits per heavy atom. The van der Waals surface area contributed by atoms with E-state index in [2.05, 4.69) is 17.2 Å². The fraction of sp³-hybridized carbons (Fsp3) is 0.533. The molecule has 6 nitrogen and oxygen atoms in total. The number of oxazole rings is 1. The zero-order chi connectivity index (χ0) is 14.8. The summed E-state index contributed by atoms with van der Waals surface area (Å²) in [6.07, 6.45) is 6.38. The van der Waals surface area contributed by atoms with E-state index in [9.17, 15) is 10.1 Å². The molecule has 1 atom stereocenters. The van der Waals surface area contributed by atoms with Gasteiger partial charge in [-0.15, -0.1) is 0 Å². The molecule has 1 saturated carbocycles. The van der Waals surface area contributed by atoms with Gasteiger partial charge >= 0.3 is 0 Å². The first kappa shape index (κ1) is 13.9. The number of hydrogen-bond donors (Lipinski definition) is 1. The van der Waals surface area contributed by atoms with Crippen LogP contribution in [0.4, 0.5) is 11.7 Å². The molecule has 1 N–H and O–H groups in total. The number of nitrogens with one attached hydrogen (secondary N) is 1. The van der Waals surface area contributed by atoms with E-state index in [-0.39, 0.29) is 5.69 Å². The standard InChI is InChI=1S/C15H19N3O3/c1-10(11-5-3-2-4-6-11)16-15-17-13-9-12(18(19)20)7-8-14(13)21-15/h7-11H,2-6H2,1H3,(H,16,17). The Kier molecular flexibility index (Phi) is 3.77. The number of nitro benzene ring substituents is 1. The molecule has 1 aliphatic rings. The number of anilines is 1. The Morgan fingerprint density at radius 2 is 2.14 bits per heavy atom. The van der Waals surface area contributed by atoms with Gasteiger partial charge in [-0.05, 0) is 31.7 Å². The van der Waals surface area contributed by atoms with Crippen molar-refractivity contribution in [1.29, 1.82) is 0 Å². The van der Waals surface area contributed by atoms with Gasteiger partial charge in [-0.1, -0.05) is 19.3 Å². The Balaban J connectivity index is 1.76. The van der Waals surface area contributed by atoms with Crippen LogP contribution in [-0.2, 0) is 0 Å². The third-order valence-corrected chi connectivity index (χ3v) is 4.29. The maximum absolute atomic E-state index is 10.8. The van der Waals surface area contributed by atoms with E-state index < -0.39 is 4.92 Å². The van der Waals surface area contributed by atoms with Crippen molar-refractivity contribution >= 4 is 22.8 Å². The van der Waals surface area contributed by atoms with Crippen molar-refractivity contribution in [2.24, 2.45) is 5.92 Å². The number of nitro groups is 1. The van der Waals surface area contributed by atoms with E-state index in [0.717, 1.165) is 0 Å². The highest BCUT2D eigenvalue weighted by molar-refractivity contribution is 5.77. The number of hydrogen-bond acceptors (Lipinski definition) is 5. The fourth-order valence-corrected chi connectivity index (χ4v) is 3.04. The summed E-state index contributed by atoms with van der Waals surface area (Å²) in [4.78, 5) is 14.7. The van der Waals surface area contributed by atoms with Gasteiger partial charge in [0.05, 0.1) is 4.92 Å². The molecule has 0 spiro atoms. The quantitative estimate of drug-likeness (QED) is 0.676. The number of rotatable bonds is 4. The first-order valence-corrected chi connectivity index (χ1v) is 7.45. The average Bonchev–Trinajstić information content (AvgIpc) is 2.89. The van der Waals surface area contributed by atoms with E-state index in [0.29, 0.717) is 29.1 Å². The van der Waals surface area contributed by atoms with E-state index in [1.54, 1.807) is 6.07 Å². The first-order valence-electron chi connectivity index (χ1n) is 7.45. The Hall–Kier alpha value is -2.11. The SMILES string of the molecule is CC(Nc1nc2cc([N+](=O)[O-])ccc2o1)C1CCCCC1. The summed E-state index contributed by atoms with van der Waals surface area (Å²) in [5.41, 5.74) is 1.11. The molecule has 0 aliphatic heterocycles. The molecule has 1 aromatic heterocycles. The third-order valence-electron chi connectivity index (χ3n) is 4.29. The molecular formula is C15H19N3O3. The lowest BCUT2D eigenvalue weighted by Gasteiger charge is -2.27. The van der Waals surface area contributed by atoms with Gasteiger partial charge in [0.2, 0.25) is 0 Å². The maximum atomic E-state index is 10.8. The van der Waals surface area contributed by atoms with Crippen LogP contribution in [-0.4, -0.2) is 15.9 Å². The highest BCUT2D eigenvalue weighted by Gasteiger charge is 2.21. The lowest BCUT2D eigenvalue weighted by Crippen LogP contribution is -2.27. The Morgan fingerprint density at radius 3 is 2.86 bits per heavy atom. The molecule has 0 radical (unpaired) electrons. The first-order chi connectivity index (χ1) is 10.1. The minimum Gasteiger partial charge on any atom is -0.424 e. The molecule has 6 heteroatoms. The van der Waals surface area contributed by atoms with Gasteiger partial charge in [-0.25, -0.2) is 0 Å². The topological polar surface area (TPSA) is 81.2 Å². The van der Waals surface area contributed by atoms with E-state index in [1.165, 1.54) is 44.2 Å². The van der Waals surface area contributed by atoms with Crippen LogP contribution in [0.3, 0.4) is 0 Å². The van der Waals surface area contributed by atoms with E-state index in [4.69, 9.17) is 4.42 Å². The summed E-state index contributed by atoms with van der Waals surface area (Å²) >= 11 is 0. The fourth-order valence-electron chi connectivity index (χ4n) is 3.04. The molecular weight excluding hydrogens is 270 g/mol. The third kappa shape index (κ3) is 2.99. The molecule has 0 amide bonds. The van der Waals surface area contributed by atoms with Crippen molar-refractivity contribution < 1.29 is 9.34 Å². The summed E-state index contributed by atoms with van der Waals surface area (Å²) in [5.74, 6) is 0.642. The van der Waals surface area contributed by atoms with Crippen molar-refractivity contribution in [3.63, 3.8) is 0 Å². The molecule has 1 fully saturated rings. The number of benzene rings is 1. The number of aromatic nitrogens is 1. The molecule has 1 heterocycles. The van der Waals surface area contributed by atoms with Gasteiger partial charge in [0.1, 0.15) is 5.52 Å². The molecule has 21 heavy (non-hydrogen) atoms. The second kappa shape index (κ2) is 5.71. The lowest BCUT2D eigenvalue weighted by molar-refractivity contribution is -0.384. The number of non-ortho nitro benzene ring substituents is 1. The van der Waals surface area contributed by atoms with Crippen LogP contribution in [0.25, 0.3) is 11.1 Å². The molecule has 112 valence electrons. The maximum Gasteiger partial charge on any atom is 0.295 e. The average molecular weight is 289 g/mol. The zero-order valence-electron chi connectivity index (χ0n) is 12.0. The van der Waals surface area contributed by atoms with Crippen molar-refractivity contribution in [3.8, 4) is 0 Å². The highest BCUT2D eigenvalue weighted by Crippen LogP contribution is 2.29. The smallest absolute Gasteiger partial charge is 0.295 e. The highest BCUT2D eigenvalue weighted by atomic mass is 16.6. The minimum absolute atomic E-state index is 0.0303. The normalized spacial score (nSPS) is 17.8. The van der Waals surface area contributed by atoms with Crippen LogP contribution in [0.15, 0.2) is 22.6 Å². The van der Waals surface area contributed by atoms with Crippen LogP contribution in [0.1, 0.15) is 39.0 Å². The molecule has 2 aromatic rings. The van der Waals surface area contributed by atoms with Crippen molar-refractivity contribution in [3.05, 3.63) is 28.3 Å². The van der Waals surface area contributed by atoms with Gasteiger partial charge in [0.15, 0.2) is 5.58 Å². The summed E-state index contributed by atoms with van der Waals surface area (Å²) in [6, 6.07) is 5.21. The predicted molar refractivity (Wildman–Crippen MR) is 80.3 cm³/mol. The van der Waals surface area contributed by atoms with E-state index >= 15 is 0 Å². The predicted octanol–water partition coefficient (Wildman–Crippen LogP) is 4.12. The number of nitrogens with zero attached hydrogens (tertiary/aromatic N) is 2. The van der Waals surface area contributed by atoms with Gasteiger partial charge < -0.3 is 9.73 Å². The van der Waals surface area contributed by atoms with Crippen LogP contribution >= 0.6 is 0 Å². The molecule has 3 rings (SSSR count). The minimum atomic E-state index is -0.425. The number of fused-ring (bicyclic) bond motifs is 1. The zero-order valence-corrected chi connectivity index (χ0v) is 12.0. The largest absolute Gasteiger partial charge is 0.424 e. The van der Waals surface area contributed by atoms with Crippen molar-refractivity contribution in [2.75, 3.05) is 5.32 Å². The second-order valence-corrected chi connectivity index (χ2v) is 5.76. The van der Waals surface area contributed by atoms with Crippen molar-refractivity contribution in [2.45, 2.75) is 45.1 Å². The summed E-state index contributed by atoms with van der Waals surface area (Å²) in [5, 5.41) is 14.1. The van der Waals surface area contributed by atoms with Crippen LogP contribution < -0.4 is 5.32 Å². The van der Waals surface area contributed by atoms with Crippen molar-refractivity contribution in [1.82, 2.24) is 4.98 Å². The monoisotopic (exact) mass is 289 g/mol. The van der Waals surface area contributed by atoms with Gasteiger partial charge in [0.25, 0.3) is 11.7 Å². The van der Waals surface area contributed by atoms with Crippen LogP contribution in [0, 0.1) is 16.0 Å². The van der Waals surface area contributed by atoms with Gasteiger partial charge in [-0.2, -0.15) is 4.98 Å². The van der Waals surface area contributed by atoms with Gasteiger partial charge in [0, 0.05) is 18.2 Å². The lowest BCUT2D eigenvalue weighted by atomic mass is 9.85. The summed E-state index contributed by atoms with van der Waals surface area (Å²) in [7, 11) is 0. The molecule has 1 aliphatic carbocycles. The summed E-state index contributed by atoms with van der Waals surface area (Å²) in [6.45, 7) is 2.15. The molecule has 1 aromatic carbocycles. The molecule has 0 bridgehead atoms. The van der Waals surface area contributed by atoms with Crippen LogP contribution in [0.2, 0.25) is 0 Å². The van der Waals surface area contributed by atoms with E-state index in [1.807, 2.05) is 0 Å². The Bertz CT molecular complexity index is 647. The van der Waals surface area contributed by atoms with Crippen LogP contribution in [0.5, 0.6) is 0 Å². The second-order valence-electron chi connectivity index (χ2n) is 5.76.